The molecule has 0 aliphatic carbocycles. The van der Waals surface area contributed by atoms with Gasteiger partial charge in [-0.15, -0.1) is 0 Å². The number of hydrogen-bond donors (Lipinski definition) is 1. The van der Waals surface area contributed by atoms with Gasteiger partial charge in [0.15, 0.2) is 0 Å². The average Bonchev–Trinajstić information content (AvgIpc) is 3.19. The minimum absolute atomic E-state index is 0.258. The Balaban J connectivity index is 1.56. The molecule has 6 nitrogen and oxygen atoms in total. The van der Waals surface area contributed by atoms with Gasteiger partial charge in [0.25, 0.3) is 11.8 Å². The molecule has 2 amide bonds. The zero-order chi connectivity index (χ0) is 20.5. The number of aromatic amines is 1. The molecule has 1 aliphatic heterocycles. The van der Waals surface area contributed by atoms with E-state index in [1.807, 2.05) is 25.1 Å². The van der Waals surface area contributed by atoms with Crippen LogP contribution in [-0.2, 0) is 11.2 Å². The van der Waals surface area contributed by atoms with Crippen molar-refractivity contribution in [2.75, 3.05) is 13.2 Å². The summed E-state index contributed by atoms with van der Waals surface area (Å²) in [6.07, 6.45) is 1.10. The maximum atomic E-state index is 12.5. The van der Waals surface area contributed by atoms with E-state index in [0.717, 1.165) is 22.0 Å². The van der Waals surface area contributed by atoms with Crippen molar-refractivity contribution < 1.29 is 19.1 Å². The molecule has 148 valence electrons. The first-order valence-electron chi connectivity index (χ1n) is 9.74. The highest BCUT2D eigenvalue weighted by atomic mass is 16.5. The number of nitrogens with one attached hydrogen (secondary N) is 1. The Kier molecular flexibility index (Phi) is 4.92. The standard InChI is InChI=1S/C23H22N2O4/c1-3-29-23(28)20-15(18-13-14(2)10-11-19(18)24-20)9-6-12-25-21(26)16-7-4-5-8-17(16)22(25)27/h4-5,7-8,10-11,13,24H,3,6,9,12H2,1-2H3. The minimum Gasteiger partial charge on any atom is -0.461 e. The highest BCUT2D eigenvalue weighted by Crippen LogP contribution is 2.27. The number of hydrogen-bond acceptors (Lipinski definition) is 4. The molecule has 0 bridgehead atoms. The van der Waals surface area contributed by atoms with E-state index in [1.165, 1.54) is 4.90 Å². The van der Waals surface area contributed by atoms with E-state index in [2.05, 4.69) is 4.98 Å². The van der Waals surface area contributed by atoms with E-state index >= 15 is 0 Å². The van der Waals surface area contributed by atoms with Gasteiger partial charge in [-0.05, 0) is 56.5 Å². The molecule has 3 aromatic rings. The van der Waals surface area contributed by atoms with Crippen LogP contribution in [0.1, 0.15) is 55.7 Å². The van der Waals surface area contributed by atoms with Crippen molar-refractivity contribution in [3.05, 3.63) is 70.4 Å². The summed E-state index contributed by atoms with van der Waals surface area (Å²) in [4.78, 5) is 42.0. The van der Waals surface area contributed by atoms with Crippen LogP contribution in [0, 0.1) is 6.92 Å². The topological polar surface area (TPSA) is 79.5 Å². The quantitative estimate of drug-likeness (QED) is 0.512. The molecular weight excluding hydrogens is 368 g/mol. The van der Waals surface area contributed by atoms with Crippen LogP contribution in [0.15, 0.2) is 42.5 Å². The molecule has 29 heavy (non-hydrogen) atoms. The number of esters is 1. The third-order valence-electron chi connectivity index (χ3n) is 5.23. The average molecular weight is 390 g/mol. The Hall–Kier alpha value is -3.41. The summed E-state index contributed by atoms with van der Waals surface area (Å²) in [5, 5.41) is 0.968. The van der Waals surface area contributed by atoms with E-state index in [4.69, 9.17) is 4.74 Å². The molecule has 6 heteroatoms. The van der Waals surface area contributed by atoms with Gasteiger partial charge in [0.1, 0.15) is 5.69 Å². The van der Waals surface area contributed by atoms with E-state index in [9.17, 15) is 14.4 Å². The monoisotopic (exact) mass is 390 g/mol. The summed E-state index contributed by atoms with van der Waals surface area (Å²) in [5.41, 5.74) is 4.16. The van der Waals surface area contributed by atoms with Crippen molar-refractivity contribution >= 4 is 28.7 Å². The molecule has 0 atom stereocenters. The van der Waals surface area contributed by atoms with Crippen molar-refractivity contribution in [3.8, 4) is 0 Å². The molecule has 0 unspecified atom stereocenters. The third kappa shape index (κ3) is 3.31. The van der Waals surface area contributed by atoms with Gasteiger partial charge in [0.05, 0.1) is 17.7 Å². The Morgan fingerprint density at radius 2 is 1.76 bits per heavy atom. The summed E-state index contributed by atoms with van der Waals surface area (Å²) < 4.78 is 5.20. The SMILES string of the molecule is CCOC(=O)c1[nH]c2ccc(C)cc2c1CCCN1C(=O)c2ccccc2C1=O. The van der Waals surface area contributed by atoms with Crippen LogP contribution in [0.3, 0.4) is 0 Å². The lowest BCUT2D eigenvalue weighted by Gasteiger charge is -2.13. The molecule has 0 spiro atoms. The zero-order valence-electron chi connectivity index (χ0n) is 16.5. The number of H-pyrrole nitrogens is 1. The summed E-state index contributed by atoms with van der Waals surface area (Å²) in [7, 11) is 0. The second-order valence-electron chi connectivity index (χ2n) is 7.16. The molecular formula is C23H22N2O4. The van der Waals surface area contributed by atoms with Crippen LogP contribution in [0.5, 0.6) is 0 Å². The number of imide groups is 1. The van der Waals surface area contributed by atoms with Crippen LogP contribution in [0.25, 0.3) is 10.9 Å². The smallest absolute Gasteiger partial charge is 0.355 e. The number of carbonyl (C=O) groups is 3. The molecule has 1 aliphatic rings. The van der Waals surface area contributed by atoms with E-state index in [0.29, 0.717) is 42.8 Å². The van der Waals surface area contributed by atoms with Gasteiger partial charge in [-0.25, -0.2) is 4.79 Å². The highest BCUT2D eigenvalue weighted by Gasteiger charge is 2.34. The van der Waals surface area contributed by atoms with Crippen LogP contribution in [0.2, 0.25) is 0 Å². The number of fused-ring (bicyclic) bond motifs is 2. The highest BCUT2D eigenvalue weighted by molar-refractivity contribution is 6.21. The van der Waals surface area contributed by atoms with Crippen LogP contribution in [0.4, 0.5) is 0 Å². The Morgan fingerprint density at radius 3 is 2.41 bits per heavy atom. The molecule has 0 saturated carbocycles. The van der Waals surface area contributed by atoms with Gasteiger partial charge in [-0.3, -0.25) is 14.5 Å². The maximum absolute atomic E-state index is 12.5. The molecule has 0 radical (unpaired) electrons. The van der Waals surface area contributed by atoms with Crippen LogP contribution >= 0.6 is 0 Å². The minimum atomic E-state index is -0.392. The molecule has 1 aromatic heterocycles. The number of aromatic nitrogens is 1. The van der Waals surface area contributed by atoms with Gasteiger partial charge in [-0.2, -0.15) is 0 Å². The number of ether oxygens (including phenoxy) is 1. The third-order valence-corrected chi connectivity index (χ3v) is 5.23. The Labute approximate surface area is 168 Å². The summed E-state index contributed by atoms with van der Waals surface area (Å²) >= 11 is 0. The second-order valence-corrected chi connectivity index (χ2v) is 7.16. The molecule has 0 saturated heterocycles. The lowest BCUT2D eigenvalue weighted by atomic mass is 10.0. The number of nitrogens with zero attached hydrogens (tertiary/aromatic N) is 1. The summed E-state index contributed by atoms with van der Waals surface area (Å²) in [6.45, 7) is 4.36. The second kappa shape index (κ2) is 7.54. The number of benzene rings is 2. The maximum Gasteiger partial charge on any atom is 0.355 e. The van der Waals surface area contributed by atoms with Gasteiger partial charge in [0, 0.05) is 17.4 Å². The fourth-order valence-corrected chi connectivity index (χ4v) is 3.85. The fraction of sp³-hybridized carbons (Fsp3) is 0.261. The Bertz CT molecular complexity index is 1090. The first-order valence-corrected chi connectivity index (χ1v) is 9.74. The van der Waals surface area contributed by atoms with Crippen LogP contribution in [-0.4, -0.2) is 40.8 Å². The van der Waals surface area contributed by atoms with Crippen molar-refractivity contribution in [2.24, 2.45) is 0 Å². The number of aryl methyl sites for hydroxylation is 2. The van der Waals surface area contributed by atoms with Crippen molar-refractivity contribution in [2.45, 2.75) is 26.7 Å². The molecule has 1 N–H and O–H groups in total. The summed E-state index contributed by atoms with van der Waals surface area (Å²) in [6, 6.07) is 12.8. The van der Waals surface area contributed by atoms with Gasteiger partial charge >= 0.3 is 5.97 Å². The number of rotatable bonds is 6. The number of amides is 2. The summed E-state index contributed by atoms with van der Waals surface area (Å²) in [5.74, 6) is -0.908. The van der Waals surface area contributed by atoms with E-state index in [1.54, 1.807) is 31.2 Å². The molecule has 2 aromatic carbocycles. The van der Waals surface area contributed by atoms with Crippen molar-refractivity contribution in [1.82, 2.24) is 9.88 Å². The first-order chi connectivity index (χ1) is 14.0. The molecule has 4 rings (SSSR count). The lowest BCUT2D eigenvalue weighted by Crippen LogP contribution is -2.31. The van der Waals surface area contributed by atoms with Crippen molar-refractivity contribution in [1.29, 1.82) is 0 Å². The van der Waals surface area contributed by atoms with Crippen LogP contribution < -0.4 is 0 Å². The lowest BCUT2D eigenvalue weighted by molar-refractivity contribution is 0.0517. The largest absolute Gasteiger partial charge is 0.461 e. The molecule has 2 heterocycles. The predicted octanol–water partition coefficient (Wildman–Crippen LogP) is 3.88. The van der Waals surface area contributed by atoms with Gasteiger partial charge in [0.2, 0.25) is 0 Å². The Morgan fingerprint density at radius 1 is 1.07 bits per heavy atom. The zero-order valence-corrected chi connectivity index (χ0v) is 16.5. The van der Waals surface area contributed by atoms with Gasteiger partial charge in [-0.1, -0.05) is 23.8 Å². The number of carbonyl (C=O) groups excluding carboxylic acids is 3. The first kappa shape index (κ1) is 18.9. The predicted molar refractivity (Wildman–Crippen MR) is 109 cm³/mol. The van der Waals surface area contributed by atoms with Crippen molar-refractivity contribution in [3.63, 3.8) is 0 Å². The van der Waals surface area contributed by atoms with E-state index in [-0.39, 0.29) is 11.8 Å². The normalized spacial score (nSPS) is 13.2. The van der Waals surface area contributed by atoms with E-state index < -0.39 is 5.97 Å². The molecule has 0 fully saturated rings. The fourth-order valence-electron chi connectivity index (χ4n) is 3.85. The van der Waals surface area contributed by atoms with Gasteiger partial charge < -0.3 is 9.72 Å².